The van der Waals surface area contributed by atoms with Crippen LogP contribution in [0.25, 0.3) is 17.0 Å². The summed E-state index contributed by atoms with van der Waals surface area (Å²) in [4.78, 5) is 19.7. The zero-order valence-electron chi connectivity index (χ0n) is 17.5. The molecule has 3 aromatic heterocycles. The lowest BCUT2D eigenvalue weighted by molar-refractivity contribution is -0.120. The summed E-state index contributed by atoms with van der Waals surface area (Å²) in [7, 11) is 0. The predicted molar refractivity (Wildman–Crippen MR) is 118 cm³/mol. The van der Waals surface area contributed by atoms with Gasteiger partial charge in [0.2, 0.25) is 5.91 Å². The monoisotopic (exact) mass is 429 g/mol. The second-order valence-corrected chi connectivity index (χ2v) is 8.48. The van der Waals surface area contributed by atoms with E-state index in [-0.39, 0.29) is 11.8 Å². The Labute approximate surface area is 184 Å². The number of amides is 1. The molecule has 4 heterocycles. The topological polar surface area (TPSA) is 117 Å². The van der Waals surface area contributed by atoms with Crippen LogP contribution in [0.3, 0.4) is 0 Å². The molecule has 10 nitrogen and oxygen atoms in total. The van der Waals surface area contributed by atoms with Crippen molar-refractivity contribution in [3.63, 3.8) is 0 Å². The minimum absolute atomic E-state index is 0.0291. The van der Waals surface area contributed by atoms with Crippen LogP contribution in [0.4, 0.5) is 11.5 Å². The minimum Gasteiger partial charge on any atom is -0.355 e. The van der Waals surface area contributed by atoms with Crippen LogP contribution in [-0.4, -0.2) is 54.0 Å². The van der Waals surface area contributed by atoms with Crippen LogP contribution in [-0.2, 0) is 4.79 Å². The van der Waals surface area contributed by atoms with E-state index in [0.717, 1.165) is 54.5 Å². The zero-order valence-corrected chi connectivity index (χ0v) is 17.5. The third-order valence-corrected chi connectivity index (χ3v) is 6.19. The summed E-state index contributed by atoms with van der Waals surface area (Å²) >= 11 is 0. The predicted octanol–water partition coefficient (Wildman–Crippen LogP) is 2.64. The molecule has 1 aromatic carbocycles. The van der Waals surface area contributed by atoms with Crippen molar-refractivity contribution in [2.45, 2.75) is 31.6 Å². The Balaban J connectivity index is 1.09. The van der Waals surface area contributed by atoms with E-state index in [9.17, 15) is 4.79 Å². The van der Waals surface area contributed by atoms with Gasteiger partial charge in [0.25, 0.3) is 0 Å². The van der Waals surface area contributed by atoms with Gasteiger partial charge in [-0.1, -0.05) is 12.1 Å². The molecule has 1 aliphatic carbocycles. The van der Waals surface area contributed by atoms with Crippen LogP contribution < -0.4 is 10.2 Å². The van der Waals surface area contributed by atoms with Crippen LogP contribution in [0.2, 0.25) is 0 Å². The van der Waals surface area contributed by atoms with Crippen molar-refractivity contribution in [2.24, 2.45) is 5.92 Å². The van der Waals surface area contributed by atoms with Gasteiger partial charge in [0.05, 0.1) is 0 Å². The van der Waals surface area contributed by atoms with Gasteiger partial charge in [0, 0.05) is 36.2 Å². The molecule has 0 radical (unpaired) electrons. The van der Waals surface area contributed by atoms with Gasteiger partial charge in [0.15, 0.2) is 11.5 Å². The highest BCUT2D eigenvalue weighted by Crippen LogP contribution is 2.38. The van der Waals surface area contributed by atoms with Gasteiger partial charge in [-0.05, 0) is 49.9 Å². The summed E-state index contributed by atoms with van der Waals surface area (Å²) in [5, 5.41) is 22.9. The number of aromatic amines is 1. The Morgan fingerprint density at radius 2 is 1.97 bits per heavy atom. The molecule has 0 unspecified atom stereocenters. The van der Waals surface area contributed by atoms with Crippen LogP contribution >= 0.6 is 0 Å². The molecule has 2 aliphatic rings. The Morgan fingerprint density at radius 3 is 2.81 bits per heavy atom. The van der Waals surface area contributed by atoms with Crippen LogP contribution in [0.1, 0.15) is 37.4 Å². The highest BCUT2D eigenvalue weighted by molar-refractivity contribution is 5.93. The first-order chi connectivity index (χ1) is 15.7. The summed E-state index contributed by atoms with van der Waals surface area (Å²) < 4.78 is 1.67. The van der Waals surface area contributed by atoms with Crippen molar-refractivity contribution in [1.29, 1.82) is 0 Å². The number of H-pyrrole nitrogens is 1. The fourth-order valence-corrected chi connectivity index (χ4v) is 4.18. The van der Waals surface area contributed by atoms with E-state index in [4.69, 9.17) is 0 Å². The molecule has 32 heavy (non-hydrogen) atoms. The highest BCUT2D eigenvalue weighted by Gasteiger charge is 2.28. The summed E-state index contributed by atoms with van der Waals surface area (Å²) in [6.45, 7) is 1.56. The highest BCUT2D eigenvalue weighted by atomic mass is 16.1. The maximum Gasteiger partial charge on any atom is 0.227 e. The number of nitrogens with one attached hydrogen (secondary N) is 2. The summed E-state index contributed by atoms with van der Waals surface area (Å²) in [6.07, 6.45) is 5.50. The van der Waals surface area contributed by atoms with Crippen LogP contribution in [0.15, 0.2) is 42.7 Å². The molecule has 1 amide bonds. The summed E-state index contributed by atoms with van der Waals surface area (Å²) in [5.74, 6) is 3.06. The maximum absolute atomic E-state index is 12.9. The Bertz CT molecular complexity index is 1270. The smallest absolute Gasteiger partial charge is 0.227 e. The number of carbonyl (C=O) groups is 1. The molecule has 10 heteroatoms. The largest absolute Gasteiger partial charge is 0.355 e. The van der Waals surface area contributed by atoms with Gasteiger partial charge in [-0.2, -0.15) is 9.61 Å². The fraction of sp³-hybridized carbons (Fsp3) is 0.364. The molecule has 162 valence electrons. The number of piperidine rings is 1. The molecule has 1 saturated heterocycles. The number of aromatic nitrogens is 7. The fourth-order valence-electron chi connectivity index (χ4n) is 4.18. The number of nitrogens with zero attached hydrogens (tertiary/aromatic N) is 7. The SMILES string of the molecule is O=C(Nc1cccc(-c2n[nH]c(C3CC3)n2)c1)C1CCN(c2ccc3nncn3n2)CC1. The third-order valence-electron chi connectivity index (χ3n) is 6.19. The molecular formula is C22H23N9O. The molecule has 0 bridgehead atoms. The molecule has 0 atom stereocenters. The molecule has 1 saturated carbocycles. The number of anilines is 2. The van der Waals surface area contributed by atoms with Crippen molar-refractivity contribution in [3.8, 4) is 11.4 Å². The van der Waals surface area contributed by atoms with Crippen molar-refractivity contribution < 1.29 is 4.79 Å². The molecule has 2 fully saturated rings. The minimum atomic E-state index is -0.0291. The summed E-state index contributed by atoms with van der Waals surface area (Å²) in [6, 6.07) is 11.6. The number of benzene rings is 1. The first kappa shape index (κ1) is 18.9. The van der Waals surface area contributed by atoms with Gasteiger partial charge in [-0.15, -0.1) is 15.3 Å². The van der Waals surface area contributed by atoms with Crippen LogP contribution in [0.5, 0.6) is 0 Å². The average molecular weight is 429 g/mol. The molecule has 0 spiro atoms. The van der Waals surface area contributed by atoms with Crippen molar-refractivity contribution >= 4 is 23.1 Å². The second kappa shape index (κ2) is 7.70. The van der Waals surface area contributed by atoms with E-state index < -0.39 is 0 Å². The molecular weight excluding hydrogens is 406 g/mol. The molecule has 4 aromatic rings. The van der Waals surface area contributed by atoms with Crippen LogP contribution in [0, 0.1) is 5.92 Å². The lowest BCUT2D eigenvalue weighted by Crippen LogP contribution is -2.38. The van der Waals surface area contributed by atoms with E-state index in [1.807, 2.05) is 36.4 Å². The lowest BCUT2D eigenvalue weighted by atomic mass is 9.95. The van der Waals surface area contributed by atoms with Crippen molar-refractivity contribution in [3.05, 3.63) is 48.5 Å². The van der Waals surface area contributed by atoms with E-state index in [2.05, 4.69) is 40.7 Å². The zero-order chi connectivity index (χ0) is 21.5. The van der Waals surface area contributed by atoms with E-state index in [0.29, 0.717) is 11.7 Å². The van der Waals surface area contributed by atoms with E-state index in [1.165, 1.54) is 12.8 Å². The normalized spacial score (nSPS) is 17.1. The Hall–Kier alpha value is -3.82. The number of rotatable bonds is 5. The summed E-state index contributed by atoms with van der Waals surface area (Å²) in [5.41, 5.74) is 2.39. The number of carbonyl (C=O) groups excluding carboxylic acids is 1. The number of hydrogen-bond donors (Lipinski definition) is 2. The maximum atomic E-state index is 12.9. The molecule has 2 N–H and O–H groups in total. The van der Waals surface area contributed by atoms with Gasteiger partial charge in [-0.25, -0.2) is 4.98 Å². The molecule has 1 aliphatic heterocycles. The van der Waals surface area contributed by atoms with E-state index >= 15 is 0 Å². The van der Waals surface area contributed by atoms with Gasteiger partial charge in [0.1, 0.15) is 18.0 Å². The standard InChI is InChI=1S/C22H23N9O/c32-22(15-8-10-30(11-9-15)19-7-6-18-26-23-13-31(18)29-19)24-17-3-1-2-16(12-17)21-25-20(27-28-21)14-4-5-14/h1-3,6-7,12-15H,4-5,8-11H2,(H,24,32)(H,25,27,28). The van der Waals surface area contributed by atoms with E-state index in [1.54, 1.807) is 10.8 Å². The molecule has 6 rings (SSSR count). The Morgan fingerprint density at radius 1 is 1.09 bits per heavy atom. The quantitative estimate of drug-likeness (QED) is 0.501. The second-order valence-electron chi connectivity index (χ2n) is 8.48. The Kier molecular flexibility index (Phi) is 4.55. The number of hydrogen-bond acceptors (Lipinski definition) is 7. The van der Waals surface area contributed by atoms with Gasteiger partial charge in [-0.3, -0.25) is 9.89 Å². The first-order valence-corrected chi connectivity index (χ1v) is 11.0. The van der Waals surface area contributed by atoms with Crippen molar-refractivity contribution in [2.75, 3.05) is 23.3 Å². The number of fused-ring (bicyclic) bond motifs is 1. The van der Waals surface area contributed by atoms with Crippen molar-refractivity contribution in [1.82, 2.24) is 35.0 Å². The first-order valence-electron chi connectivity index (χ1n) is 11.0. The van der Waals surface area contributed by atoms with Gasteiger partial charge >= 0.3 is 0 Å². The van der Waals surface area contributed by atoms with Gasteiger partial charge < -0.3 is 10.2 Å². The third kappa shape index (κ3) is 3.68. The average Bonchev–Trinajstić information content (AvgIpc) is 3.37. The lowest BCUT2D eigenvalue weighted by Gasteiger charge is -2.32.